The monoisotopic (exact) mass is 448 g/mol. The van der Waals surface area contributed by atoms with E-state index in [0.29, 0.717) is 22.1 Å². The molecular formula is C16H10Br2N4O2. The summed E-state index contributed by atoms with van der Waals surface area (Å²) in [5.41, 5.74) is 2.56. The lowest BCUT2D eigenvalue weighted by molar-refractivity contribution is -0.577. The summed E-state index contributed by atoms with van der Waals surface area (Å²) >= 11 is 6.47. The van der Waals surface area contributed by atoms with Crippen LogP contribution in [0.15, 0.2) is 70.1 Å². The van der Waals surface area contributed by atoms with Crippen LogP contribution in [0, 0.1) is 10.4 Å². The maximum Gasteiger partial charge on any atom is 0.243 e. The molecule has 0 aliphatic rings. The minimum atomic E-state index is 0.576. The zero-order chi connectivity index (χ0) is 17.1. The summed E-state index contributed by atoms with van der Waals surface area (Å²) in [7, 11) is 0. The summed E-state index contributed by atoms with van der Waals surface area (Å²) in [6.45, 7) is 0. The molecule has 0 saturated carbocycles. The van der Waals surface area contributed by atoms with Crippen LogP contribution in [-0.2, 0) is 0 Å². The number of rotatable bonds is 0. The molecule has 0 fully saturated rings. The van der Waals surface area contributed by atoms with Crippen LogP contribution in [0.3, 0.4) is 0 Å². The van der Waals surface area contributed by atoms with Gasteiger partial charge in [0, 0.05) is 35.1 Å². The van der Waals surface area contributed by atoms with Crippen LogP contribution in [0.25, 0.3) is 22.1 Å². The van der Waals surface area contributed by atoms with Crippen molar-refractivity contribution in [3.8, 4) is 0 Å². The molecule has 4 rings (SSSR count). The van der Waals surface area contributed by atoms with E-state index in [1.165, 1.54) is 12.4 Å². The fourth-order valence-electron chi connectivity index (χ4n) is 2.09. The second-order valence-electron chi connectivity index (χ2n) is 4.78. The Morgan fingerprint density at radius 1 is 0.833 bits per heavy atom. The van der Waals surface area contributed by atoms with Gasteiger partial charge >= 0.3 is 0 Å². The second kappa shape index (κ2) is 7.06. The smallest absolute Gasteiger partial charge is 0.243 e. The van der Waals surface area contributed by atoms with Gasteiger partial charge in [-0.15, -0.1) is 0 Å². The molecule has 0 aromatic carbocycles. The Hall–Kier alpha value is -2.32. The summed E-state index contributed by atoms with van der Waals surface area (Å²) in [6, 6.07) is 10.5. The Balaban J connectivity index is 0.000000141. The van der Waals surface area contributed by atoms with Crippen LogP contribution >= 0.6 is 31.9 Å². The quantitative estimate of drug-likeness (QED) is 0.305. The van der Waals surface area contributed by atoms with E-state index < -0.39 is 0 Å². The number of nitrogens with zero attached hydrogens (tertiary/aromatic N) is 4. The van der Waals surface area contributed by atoms with E-state index in [2.05, 4.69) is 41.8 Å². The number of halogens is 2. The van der Waals surface area contributed by atoms with Gasteiger partial charge in [0.1, 0.15) is 11.0 Å². The van der Waals surface area contributed by atoms with Gasteiger partial charge in [0.2, 0.25) is 11.0 Å². The van der Waals surface area contributed by atoms with Crippen LogP contribution in [0.5, 0.6) is 0 Å². The van der Waals surface area contributed by atoms with Gasteiger partial charge in [0.25, 0.3) is 0 Å². The van der Waals surface area contributed by atoms with Crippen molar-refractivity contribution >= 4 is 53.9 Å². The van der Waals surface area contributed by atoms with Crippen LogP contribution in [-0.4, -0.2) is 9.97 Å². The molecule has 4 aromatic heterocycles. The first kappa shape index (κ1) is 16.5. The van der Waals surface area contributed by atoms with Crippen molar-refractivity contribution in [2.75, 3.05) is 0 Å². The molecule has 0 saturated heterocycles. The van der Waals surface area contributed by atoms with E-state index in [1.807, 2.05) is 6.07 Å². The Kier molecular flexibility index (Phi) is 4.86. The highest BCUT2D eigenvalue weighted by Crippen LogP contribution is 2.13. The first-order valence-corrected chi connectivity index (χ1v) is 8.40. The Morgan fingerprint density at radius 3 is 2.50 bits per heavy atom. The summed E-state index contributed by atoms with van der Waals surface area (Å²) in [4.78, 5) is 8.13. The third-order valence-corrected chi connectivity index (χ3v) is 4.01. The molecule has 0 unspecified atom stereocenters. The molecule has 8 heteroatoms. The predicted octanol–water partition coefficient (Wildman–Crippen LogP) is 3.26. The lowest BCUT2D eigenvalue weighted by Crippen LogP contribution is -2.26. The van der Waals surface area contributed by atoms with Gasteiger partial charge in [-0.3, -0.25) is 0 Å². The zero-order valence-electron chi connectivity index (χ0n) is 12.1. The number of hydrogen-bond acceptors (Lipinski definition) is 4. The van der Waals surface area contributed by atoms with Gasteiger partial charge in [-0.05, 0) is 50.1 Å². The number of aromatic nitrogens is 4. The minimum absolute atomic E-state index is 0.576. The molecule has 0 aliphatic carbocycles. The van der Waals surface area contributed by atoms with Crippen LogP contribution in [0.1, 0.15) is 0 Å². The summed E-state index contributed by atoms with van der Waals surface area (Å²) in [5, 5.41) is 22.4. The lowest BCUT2D eigenvalue weighted by Gasteiger charge is -1.99. The normalized spacial score (nSPS) is 10.4. The van der Waals surface area contributed by atoms with Crippen molar-refractivity contribution in [1.29, 1.82) is 0 Å². The Labute approximate surface area is 153 Å². The van der Waals surface area contributed by atoms with Crippen LogP contribution < -0.4 is 9.46 Å². The van der Waals surface area contributed by atoms with Crippen LogP contribution in [0.4, 0.5) is 0 Å². The van der Waals surface area contributed by atoms with Crippen molar-refractivity contribution in [1.82, 2.24) is 9.97 Å². The molecule has 0 aliphatic heterocycles. The molecule has 120 valence electrons. The van der Waals surface area contributed by atoms with E-state index in [-0.39, 0.29) is 0 Å². The van der Waals surface area contributed by atoms with E-state index in [9.17, 15) is 10.4 Å². The van der Waals surface area contributed by atoms with Crippen molar-refractivity contribution in [2.45, 2.75) is 0 Å². The summed E-state index contributed by atoms with van der Waals surface area (Å²) in [6.07, 6.45) is 6.25. The second-order valence-corrected chi connectivity index (χ2v) is 6.62. The molecule has 0 bridgehead atoms. The lowest BCUT2D eigenvalue weighted by atomic mass is 10.3. The third kappa shape index (κ3) is 3.60. The van der Waals surface area contributed by atoms with Gasteiger partial charge in [-0.2, -0.15) is 9.46 Å². The average Bonchev–Trinajstić information content (AvgIpc) is 2.56. The Bertz CT molecular complexity index is 1030. The van der Waals surface area contributed by atoms with E-state index in [1.54, 1.807) is 42.7 Å². The largest absolute Gasteiger partial charge is 0.618 e. The highest BCUT2D eigenvalue weighted by atomic mass is 79.9. The Morgan fingerprint density at radius 2 is 1.67 bits per heavy atom. The van der Waals surface area contributed by atoms with Gasteiger partial charge in [0.05, 0.1) is 4.47 Å². The minimum Gasteiger partial charge on any atom is -0.618 e. The fraction of sp³-hybridized carbons (Fsp3) is 0. The molecule has 0 radical (unpaired) electrons. The highest BCUT2D eigenvalue weighted by molar-refractivity contribution is 9.10. The van der Waals surface area contributed by atoms with E-state index in [0.717, 1.165) is 18.4 Å². The van der Waals surface area contributed by atoms with Gasteiger partial charge in [-0.25, -0.2) is 9.97 Å². The molecular weight excluding hydrogens is 440 g/mol. The number of pyridine rings is 4. The summed E-state index contributed by atoms with van der Waals surface area (Å²) < 4.78 is 3.15. The fourth-order valence-corrected chi connectivity index (χ4v) is 2.81. The predicted molar refractivity (Wildman–Crippen MR) is 96.8 cm³/mol. The zero-order valence-corrected chi connectivity index (χ0v) is 15.3. The molecule has 4 heterocycles. The number of hydrogen-bond donors (Lipinski definition) is 0. The first-order chi connectivity index (χ1) is 11.5. The molecule has 0 atom stereocenters. The van der Waals surface area contributed by atoms with Gasteiger partial charge < -0.3 is 10.4 Å². The van der Waals surface area contributed by atoms with Crippen molar-refractivity contribution in [2.24, 2.45) is 0 Å². The third-order valence-electron chi connectivity index (χ3n) is 3.15. The van der Waals surface area contributed by atoms with E-state index in [4.69, 9.17) is 0 Å². The van der Waals surface area contributed by atoms with Gasteiger partial charge in [-0.1, -0.05) is 0 Å². The molecule has 6 nitrogen and oxygen atoms in total. The topological polar surface area (TPSA) is 79.7 Å². The molecule has 24 heavy (non-hydrogen) atoms. The van der Waals surface area contributed by atoms with Gasteiger partial charge in [0.15, 0.2) is 12.4 Å². The van der Waals surface area contributed by atoms with Crippen molar-refractivity contribution < 1.29 is 9.46 Å². The molecule has 4 aromatic rings. The molecule has 0 spiro atoms. The van der Waals surface area contributed by atoms with Crippen molar-refractivity contribution in [3.63, 3.8) is 0 Å². The van der Waals surface area contributed by atoms with Crippen LogP contribution in [0.2, 0.25) is 0 Å². The molecule has 0 amide bonds. The first-order valence-electron chi connectivity index (χ1n) is 6.81. The highest BCUT2D eigenvalue weighted by Gasteiger charge is 2.04. The van der Waals surface area contributed by atoms with Crippen molar-refractivity contribution in [3.05, 3.63) is 80.5 Å². The maximum atomic E-state index is 11.2. The average molecular weight is 450 g/mol. The standard InChI is InChI=1S/2C8H5BrN2O/c9-6-4-7-8(11(12)5-6)2-1-3-10-7;9-6-4-8-7(10-5-6)2-1-3-11(8)12/h2*1-5H. The maximum absolute atomic E-state index is 11.2. The molecule has 0 N–H and O–H groups in total. The van der Waals surface area contributed by atoms with E-state index >= 15 is 0 Å². The SMILES string of the molecule is [O-][n+]1cc(Br)cc2ncccc21.[O-][n+]1cccc2ncc(Br)cc21. The number of fused-ring (bicyclic) bond motifs is 2. The summed E-state index contributed by atoms with van der Waals surface area (Å²) in [5.74, 6) is 0.